The van der Waals surface area contributed by atoms with Crippen LogP contribution >= 0.6 is 0 Å². The number of amides is 1. The molecule has 0 atom stereocenters. The van der Waals surface area contributed by atoms with Crippen LogP contribution in [0.1, 0.15) is 0 Å². The third kappa shape index (κ3) is 3.36. The maximum absolute atomic E-state index is 12.7. The van der Waals surface area contributed by atoms with Gasteiger partial charge in [-0.3, -0.25) is 14.5 Å². The number of hydrogen-bond acceptors (Lipinski definition) is 3. The van der Waals surface area contributed by atoms with Gasteiger partial charge in [0.15, 0.2) is 0 Å². The van der Waals surface area contributed by atoms with Gasteiger partial charge in [0.1, 0.15) is 6.54 Å². The first-order valence-electron chi connectivity index (χ1n) is 6.27. The lowest BCUT2D eigenvalue weighted by Crippen LogP contribution is -2.44. The predicted octanol–water partition coefficient (Wildman–Crippen LogP) is 2.91. The van der Waals surface area contributed by atoms with E-state index in [0.717, 1.165) is 12.5 Å². The first-order valence-corrected chi connectivity index (χ1v) is 6.27. The first-order chi connectivity index (χ1) is 10.3. The SMILES string of the molecule is COC(=O)CN(C(=O)C(F)(F)F)c1ccc2ccccc2c1. The highest BCUT2D eigenvalue weighted by Gasteiger charge is 2.43. The standard InChI is InChI=1S/C15H12F3NO3/c1-22-13(20)9-19(14(21)15(16,17)18)12-7-6-10-4-2-3-5-11(10)8-12/h2-8H,9H2,1H3. The second kappa shape index (κ2) is 6.05. The van der Waals surface area contributed by atoms with E-state index in [0.29, 0.717) is 10.3 Å². The molecule has 0 saturated carbocycles. The summed E-state index contributed by atoms with van der Waals surface area (Å²) in [5.74, 6) is -3.06. The molecular formula is C15H12F3NO3. The number of anilines is 1. The molecule has 0 bridgehead atoms. The Morgan fingerprint density at radius 3 is 2.32 bits per heavy atom. The third-order valence-electron chi connectivity index (χ3n) is 3.05. The molecule has 0 unspecified atom stereocenters. The lowest BCUT2D eigenvalue weighted by atomic mass is 10.1. The molecule has 4 nitrogen and oxygen atoms in total. The van der Waals surface area contributed by atoms with Crippen molar-refractivity contribution in [3.05, 3.63) is 42.5 Å². The van der Waals surface area contributed by atoms with Crippen molar-refractivity contribution in [2.75, 3.05) is 18.6 Å². The van der Waals surface area contributed by atoms with E-state index < -0.39 is 24.6 Å². The molecule has 2 rings (SSSR count). The minimum absolute atomic E-state index is 0.0218. The molecule has 0 aliphatic heterocycles. The number of ether oxygens (including phenoxy) is 1. The molecule has 116 valence electrons. The molecule has 0 spiro atoms. The van der Waals surface area contributed by atoms with Crippen LogP contribution in [0.4, 0.5) is 18.9 Å². The van der Waals surface area contributed by atoms with E-state index in [2.05, 4.69) is 4.74 Å². The average molecular weight is 311 g/mol. The van der Waals surface area contributed by atoms with Crippen molar-refractivity contribution >= 4 is 28.3 Å². The molecule has 0 aliphatic carbocycles. The number of rotatable bonds is 3. The smallest absolute Gasteiger partial charge is 0.468 e. The molecule has 0 N–H and O–H groups in total. The zero-order chi connectivity index (χ0) is 16.3. The summed E-state index contributed by atoms with van der Waals surface area (Å²) in [5.41, 5.74) is -0.0218. The molecule has 1 amide bonds. The van der Waals surface area contributed by atoms with Crippen LogP contribution in [0.25, 0.3) is 10.8 Å². The van der Waals surface area contributed by atoms with Gasteiger partial charge >= 0.3 is 18.1 Å². The van der Waals surface area contributed by atoms with Crippen LogP contribution in [0.5, 0.6) is 0 Å². The van der Waals surface area contributed by atoms with Gasteiger partial charge in [-0.2, -0.15) is 13.2 Å². The van der Waals surface area contributed by atoms with E-state index in [1.165, 1.54) is 12.1 Å². The number of carbonyl (C=O) groups is 2. The van der Waals surface area contributed by atoms with E-state index in [9.17, 15) is 22.8 Å². The first kappa shape index (κ1) is 15.8. The number of carbonyl (C=O) groups excluding carboxylic acids is 2. The Kier molecular flexibility index (Phi) is 4.35. The zero-order valence-electron chi connectivity index (χ0n) is 11.6. The van der Waals surface area contributed by atoms with Crippen molar-refractivity contribution in [3.8, 4) is 0 Å². The number of nitrogens with zero attached hydrogens (tertiary/aromatic N) is 1. The highest BCUT2D eigenvalue weighted by Crippen LogP contribution is 2.26. The Balaban J connectivity index is 2.45. The van der Waals surface area contributed by atoms with Gasteiger partial charge < -0.3 is 4.74 Å². The maximum Gasteiger partial charge on any atom is 0.471 e. The highest BCUT2D eigenvalue weighted by atomic mass is 19.4. The summed E-state index contributed by atoms with van der Waals surface area (Å²) in [6.07, 6.45) is -5.08. The maximum atomic E-state index is 12.7. The topological polar surface area (TPSA) is 46.6 Å². The van der Waals surface area contributed by atoms with Crippen molar-refractivity contribution < 1.29 is 27.5 Å². The molecule has 0 radical (unpaired) electrons. The van der Waals surface area contributed by atoms with E-state index in [4.69, 9.17) is 0 Å². The zero-order valence-corrected chi connectivity index (χ0v) is 11.6. The number of methoxy groups -OCH3 is 1. The molecular weight excluding hydrogens is 299 g/mol. The van der Waals surface area contributed by atoms with E-state index in [-0.39, 0.29) is 5.69 Å². The molecule has 2 aromatic rings. The Bertz CT molecular complexity index is 712. The summed E-state index contributed by atoms with van der Waals surface area (Å²) in [5, 5.41) is 1.47. The number of alkyl halides is 3. The largest absolute Gasteiger partial charge is 0.471 e. The summed E-state index contributed by atoms with van der Waals surface area (Å²) in [6, 6.07) is 11.4. The molecule has 7 heteroatoms. The number of fused-ring (bicyclic) bond motifs is 1. The van der Waals surface area contributed by atoms with Crippen molar-refractivity contribution in [1.29, 1.82) is 0 Å². The van der Waals surface area contributed by atoms with E-state index in [1.54, 1.807) is 30.3 Å². The predicted molar refractivity (Wildman–Crippen MR) is 74.4 cm³/mol. The van der Waals surface area contributed by atoms with Gasteiger partial charge in [-0.1, -0.05) is 30.3 Å². The number of halogens is 3. The van der Waals surface area contributed by atoms with Crippen LogP contribution in [0, 0.1) is 0 Å². The summed E-state index contributed by atoms with van der Waals surface area (Å²) in [4.78, 5) is 23.2. The fourth-order valence-electron chi connectivity index (χ4n) is 1.97. The second-order valence-electron chi connectivity index (χ2n) is 4.50. The van der Waals surface area contributed by atoms with Crippen LogP contribution in [0.3, 0.4) is 0 Å². The van der Waals surface area contributed by atoms with E-state index >= 15 is 0 Å². The molecule has 0 heterocycles. The Morgan fingerprint density at radius 2 is 1.73 bits per heavy atom. The quantitative estimate of drug-likeness (QED) is 0.819. The minimum atomic E-state index is -5.08. The van der Waals surface area contributed by atoms with Gasteiger partial charge in [0.25, 0.3) is 0 Å². The Morgan fingerprint density at radius 1 is 1.09 bits per heavy atom. The lowest BCUT2D eigenvalue weighted by molar-refractivity contribution is -0.171. The monoisotopic (exact) mass is 311 g/mol. The van der Waals surface area contributed by atoms with Gasteiger partial charge in [-0.05, 0) is 22.9 Å². The number of benzene rings is 2. The average Bonchev–Trinajstić information content (AvgIpc) is 2.50. The molecule has 0 aliphatic rings. The van der Waals surface area contributed by atoms with Gasteiger partial charge in [-0.15, -0.1) is 0 Å². The highest BCUT2D eigenvalue weighted by molar-refractivity contribution is 6.02. The fourth-order valence-corrected chi connectivity index (χ4v) is 1.97. The van der Waals surface area contributed by atoms with Crippen LogP contribution in [0.15, 0.2) is 42.5 Å². The second-order valence-corrected chi connectivity index (χ2v) is 4.50. The summed E-state index contributed by atoms with van der Waals surface area (Å²) in [6.45, 7) is -0.812. The van der Waals surface area contributed by atoms with E-state index in [1.807, 2.05) is 0 Å². The van der Waals surface area contributed by atoms with Gasteiger partial charge in [-0.25, -0.2) is 0 Å². The van der Waals surface area contributed by atoms with Crippen molar-refractivity contribution in [2.24, 2.45) is 0 Å². The van der Waals surface area contributed by atoms with Crippen LogP contribution in [0.2, 0.25) is 0 Å². The lowest BCUT2D eigenvalue weighted by Gasteiger charge is -2.23. The normalized spacial score (nSPS) is 11.3. The molecule has 0 aromatic heterocycles. The number of esters is 1. The van der Waals surface area contributed by atoms with Crippen LogP contribution in [-0.4, -0.2) is 31.7 Å². The summed E-state index contributed by atoms with van der Waals surface area (Å²) in [7, 11) is 1.04. The third-order valence-corrected chi connectivity index (χ3v) is 3.05. The molecule has 0 fully saturated rings. The number of hydrogen-bond donors (Lipinski definition) is 0. The van der Waals surface area contributed by atoms with Crippen molar-refractivity contribution in [2.45, 2.75) is 6.18 Å². The van der Waals surface area contributed by atoms with Crippen molar-refractivity contribution in [3.63, 3.8) is 0 Å². The Labute approximate surface area is 124 Å². The molecule has 22 heavy (non-hydrogen) atoms. The van der Waals surface area contributed by atoms with Gasteiger partial charge in [0, 0.05) is 5.69 Å². The van der Waals surface area contributed by atoms with Crippen molar-refractivity contribution in [1.82, 2.24) is 0 Å². The summed E-state index contributed by atoms with van der Waals surface area (Å²) < 4.78 is 42.5. The minimum Gasteiger partial charge on any atom is -0.468 e. The fraction of sp³-hybridized carbons (Fsp3) is 0.200. The van der Waals surface area contributed by atoms with Gasteiger partial charge in [0.05, 0.1) is 7.11 Å². The summed E-state index contributed by atoms with van der Waals surface area (Å²) >= 11 is 0. The van der Waals surface area contributed by atoms with Crippen LogP contribution < -0.4 is 4.90 Å². The van der Waals surface area contributed by atoms with Gasteiger partial charge in [0.2, 0.25) is 0 Å². The molecule has 2 aromatic carbocycles. The van der Waals surface area contributed by atoms with Crippen LogP contribution in [-0.2, 0) is 14.3 Å². The molecule has 0 saturated heterocycles. The Hall–Kier alpha value is -2.57.